The van der Waals surface area contributed by atoms with E-state index in [9.17, 15) is 4.79 Å². The van der Waals surface area contributed by atoms with Crippen molar-refractivity contribution < 1.29 is 23.7 Å². The third-order valence-electron chi connectivity index (χ3n) is 4.85. The minimum atomic E-state index is -0.0124. The molecule has 28 heavy (non-hydrogen) atoms. The molecule has 1 N–H and O–H groups in total. The maximum absolute atomic E-state index is 12.3. The molecule has 0 fully saturated rings. The summed E-state index contributed by atoms with van der Waals surface area (Å²) in [5.74, 6) is 3.16. The number of carbonyl (C=O) groups excluding carboxylic acids is 1. The van der Waals surface area contributed by atoms with Crippen LogP contribution in [-0.4, -0.2) is 39.9 Å². The monoisotopic (exact) mass is 385 g/mol. The summed E-state index contributed by atoms with van der Waals surface area (Å²) in [4.78, 5) is 12.3. The normalized spacial score (nSPS) is 13.5. The highest BCUT2D eigenvalue weighted by Gasteiger charge is 2.15. The molecule has 1 unspecified atom stereocenters. The Morgan fingerprint density at radius 2 is 1.79 bits per heavy atom. The van der Waals surface area contributed by atoms with E-state index in [1.54, 1.807) is 14.2 Å². The Hall–Kier alpha value is -2.89. The molecule has 1 atom stereocenters. The molecule has 0 bridgehead atoms. The van der Waals surface area contributed by atoms with Crippen molar-refractivity contribution in [3.05, 3.63) is 47.5 Å². The Balaban J connectivity index is 1.48. The predicted octanol–water partition coefficient (Wildman–Crippen LogP) is 3.33. The van der Waals surface area contributed by atoms with Crippen LogP contribution in [0.15, 0.2) is 36.4 Å². The highest BCUT2D eigenvalue weighted by molar-refractivity contribution is 5.78. The molecule has 0 radical (unpaired) electrons. The lowest BCUT2D eigenvalue weighted by molar-refractivity contribution is -0.120. The quantitative estimate of drug-likeness (QED) is 0.755. The molecule has 2 aromatic carbocycles. The summed E-state index contributed by atoms with van der Waals surface area (Å²) < 4.78 is 21.7. The summed E-state index contributed by atoms with van der Waals surface area (Å²) in [5.41, 5.74) is 2.06. The molecule has 0 saturated carbocycles. The minimum Gasteiger partial charge on any atom is -0.493 e. The van der Waals surface area contributed by atoms with E-state index >= 15 is 0 Å². The molecule has 1 heterocycles. The van der Waals surface area contributed by atoms with Gasteiger partial charge in [-0.2, -0.15) is 0 Å². The molecule has 0 spiro atoms. The fraction of sp³-hybridized carbons (Fsp3) is 0.409. The lowest BCUT2D eigenvalue weighted by Gasteiger charge is -2.20. The smallest absolute Gasteiger partial charge is 0.224 e. The van der Waals surface area contributed by atoms with E-state index in [2.05, 4.69) is 18.3 Å². The van der Waals surface area contributed by atoms with Crippen LogP contribution in [0.4, 0.5) is 0 Å². The van der Waals surface area contributed by atoms with E-state index in [0.717, 1.165) is 23.5 Å². The SMILES string of the molecule is COc1ccc(CC(=O)NCCC(C)c2ccc3c(c2)OCCO3)cc1OC. The van der Waals surface area contributed by atoms with Crippen molar-refractivity contribution in [2.24, 2.45) is 0 Å². The van der Waals surface area contributed by atoms with Gasteiger partial charge in [0.05, 0.1) is 20.6 Å². The van der Waals surface area contributed by atoms with Gasteiger partial charge in [-0.3, -0.25) is 4.79 Å². The zero-order valence-corrected chi connectivity index (χ0v) is 16.6. The maximum atomic E-state index is 12.3. The van der Waals surface area contributed by atoms with Gasteiger partial charge in [-0.1, -0.05) is 19.1 Å². The zero-order valence-electron chi connectivity index (χ0n) is 16.6. The molecule has 1 amide bonds. The first-order valence-electron chi connectivity index (χ1n) is 9.48. The molecule has 0 aromatic heterocycles. The van der Waals surface area contributed by atoms with Crippen molar-refractivity contribution in [1.82, 2.24) is 5.32 Å². The van der Waals surface area contributed by atoms with Crippen molar-refractivity contribution in [3.63, 3.8) is 0 Å². The van der Waals surface area contributed by atoms with E-state index in [4.69, 9.17) is 18.9 Å². The molecule has 0 saturated heterocycles. The lowest BCUT2D eigenvalue weighted by atomic mass is 9.97. The van der Waals surface area contributed by atoms with Crippen LogP contribution in [0.5, 0.6) is 23.0 Å². The maximum Gasteiger partial charge on any atom is 0.224 e. The Morgan fingerprint density at radius 3 is 2.54 bits per heavy atom. The van der Waals surface area contributed by atoms with Gasteiger partial charge in [-0.15, -0.1) is 0 Å². The van der Waals surface area contributed by atoms with Crippen LogP contribution in [0.3, 0.4) is 0 Å². The molecule has 1 aliphatic heterocycles. The van der Waals surface area contributed by atoms with Crippen LogP contribution in [0.2, 0.25) is 0 Å². The summed E-state index contributed by atoms with van der Waals surface area (Å²) in [6, 6.07) is 11.6. The molecule has 6 nitrogen and oxygen atoms in total. The predicted molar refractivity (Wildman–Crippen MR) is 107 cm³/mol. The van der Waals surface area contributed by atoms with E-state index < -0.39 is 0 Å². The fourth-order valence-corrected chi connectivity index (χ4v) is 3.20. The van der Waals surface area contributed by atoms with Gasteiger partial charge < -0.3 is 24.3 Å². The summed E-state index contributed by atoms with van der Waals surface area (Å²) >= 11 is 0. The van der Waals surface area contributed by atoms with Crippen LogP contribution in [0.25, 0.3) is 0 Å². The molecular formula is C22H27NO5. The van der Waals surface area contributed by atoms with Gasteiger partial charge in [-0.05, 0) is 47.7 Å². The fourth-order valence-electron chi connectivity index (χ4n) is 3.20. The lowest BCUT2D eigenvalue weighted by Crippen LogP contribution is -2.27. The summed E-state index contributed by atoms with van der Waals surface area (Å²) in [5, 5.41) is 2.99. The Bertz CT molecular complexity index is 821. The van der Waals surface area contributed by atoms with Crippen molar-refractivity contribution in [3.8, 4) is 23.0 Å². The van der Waals surface area contributed by atoms with Crippen LogP contribution in [0, 0.1) is 0 Å². The first kappa shape index (κ1) is 19.9. The Labute approximate surface area is 165 Å². The largest absolute Gasteiger partial charge is 0.493 e. The Kier molecular flexibility index (Phi) is 6.63. The zero-order chi connectivity index (χ0) is 19.9. The second-order valence-corrected chi connectivity index (χ2v) is 6.81. The highest BCUT2D eigenvalue weighted by Crippen LogP contribution is 2.33. The van der Waals surface area contributed by atoms with Crippen LogP contribution < -0.4 is 24.3 Å². The number of hydrogen-bond donors (Lipinski definition) is 1. The summed E-state index contributed by atoms with van der Waals surface area (Å²) in [6.45, 7) is 3.93. The van der Waals surface area contributed by atoms with Crippen LogP contribution >= 0.6 is 0 Å². The van der Waals surface area contributed by atoms with Gasteiger partial charge in [0, 0.05) is 6.54 Å². The second-order valence-electron chi connectivity index (χ2n) is 6.81. The number of amides is 1. The number of rotatable bonds is 8. The minimum absolute atomic E-state index is 0.0124. The number of methoxy groups -OCH3 is 2. The first-order valence-corrected chi connectivity index (χ1v) is 9.48. The van der Waals surface area contributed by atoms with E-state index in [-0.39, 0.29) is 5.91 Å². The van der Waals surface area contributed by atoms with Crippen molar-refractivity contribution in [2.45, 2.75) is 25.7 Å². The molecule has 3 rings (SSSR count). The number of hydrogen-bond acceptors (Lipinski definition) is 5. The topological polar surface area (TPSA) is 66.0 Å². The van der Waals surface area contributed by atoms with Gasteiger partial charge in [0.1, 0.15) is 13.2 Å². The third-order valence-corrected chi connectivity index (χ3v) is 4.85. The van der Waals surface area contributed by atoms with Crippen molar-refractivity contribution >= 4 is 5.91 Å². The van der Waals surface area contributed by atoms with E-state index in [1.807, 2.05) is 30.3 Å². The molecule has 150 valence electrons. The van der Waals surface area contributed by atoms with Gasteiger partial charge >= 0.3 is 0 Å². The van der Waals surface area contributed by atoms with Gasteiger partial charge in [0.15, 0.2) is 23.0 Å². The molecule has 6 heteroatoms. The number of ether oxygens (including phenoxy) is 4. The number of carbonyl (C=O) groups is 1. The van der Waals surface area contributed by atoms with Crippen LogP contribution in [0.1, 0.15) is 30.4 Å². The van der Waals surface area contributed by atoms with Crippen molar-refractivity contribution in [2.75, 3.05) is 34.0 Å². The van der Waals surface area contributed by atoms with Gasteiger partial charge in [-0.25, -0.2) is 0 Å². The van der Waals surface area contributed by atoms with E-state index in [1.165, 1.54) is 5.56 Å². The molecule has 2 aromatic rings. The van der Waals surface area contributed by atoms with Gasteiger partial charge in [0.2, 0.25) is 5.91 Å². The third kappa shape index (κ3) is 4.88. The Morgan fingerprint density at radius 1 is 1.04 bits per heavy atom. The summed E-state index contributed by atoms with van der Waals surface area (Å²) in [6.07, 6.45) is 1.15. The standard InChI is InChI=1S/C22H27NO5/c1-15(17-5-7-19-21(14-17)28-11-10-27-19)8-9-23-22(24)13-16-4-6-18(25-2)20(12-16)26-3/h4-7,12,14-15H,8-11,13H2,1-3H3,(H,23,24). The van der Waals surface area contributed by atoms with Crippen LogP contribution in [-0.2, 0) is 11.2 Å². The highest BCUT2D eigenvalue weighted by atomic mass is 16.6. The van der Waals surface area contributed by atoms with E-state index in [0.29, 0.717) is 43.6 Å². The van der Waals surface area contributed by atoms with Gasteiger partial charge in [0.25, 0.3) is 0 Å². The summed E-state index contributed by atoms with van der Waals surface area (Å²) in [7, 11) is 3.17. The number of fused-ring (bicyclic) bond motifs is 1. The molecule has 1 aliphatic rings. The molecular weight excluding hydrogens is 358 g/mol. The second kappa shape index (κ2) is 9.35. The number of benzene rings is 2. The molecule has 0 aliphatic carbocycles. The van der Waals surface area contributed by atoms with Crippen molar-refractivity contribution in [1.29, 1.82) is 0 Å². The average Bonchev–Trinajstić information content (AvgIpc) is 2.73. The number of nitrogens with one attached hydrogen (secondary N) is 1. The average molecular weight is 385 g/mol. The first-order chi connectivity index (χ1) is 13.6.